The molecule has 0 bridgehead atoms. The minimum atomic E-state index is -0.266. The number of carbonyl (C=O) groups is 1. The third-order valence-electron chi connectivity index (χ3n) is 5.40. The van der Waals surface area contributed by atoms with Gasteiger partial charge in [-0.15, -0.1) is 5.10 Å². The number of hydrogen-bond acceptors (Lipinski definition) is 4. The van der Waals surface area contributed by atoms with Crippen molar-refractivity contribution in [2.75, 3.05) is 13.1 Å². The second kappa shape index (κ2) is 6.82. The van der Waals surface area contributed by atoms with Gasteiger partial charge in [0, 0.05) is 31.1 Å². The van der Waals surface area contributed by atoms with E-state index >= 15 is 0 Å². The molecule has 2 fully saturated rings. The smallest absolute Gasteiger partial charge is 0.342 e. The quantitative estimate of drug-likeness (QED) is 0.923. The lowest BCUT2D eigenvalue weighted by Gasteiger charge is -2.32. The van der Waals surface area contributed by atoms with Crippen LogP contribution in [0.1, 0.15) is 50.3 Å². The lowest BCUT2D eigenvalue weighted by atomic mass is 9.95. The number of nitrogens with zero attached hydrogens (tertiary/aromatic N) is 4. The molecule has 1 saturated carbocycles. The van der Waals surface area contributed by atoms with Crippen LogP contribution in [-0.2, 0) is 4.79 Å². The molecule has 1 aliphatic carbocycles. The summed E-state index contributed by atoms with van der Waals surface area (Å²) in [7, 11) is 0. The average molecular weight is 341 g/mol. The first-order valence-electron chi connectivity index (χ1n) is 9.12. The van der Waals surface area contributed by atoms with Crippen LogP contribution in [0.15, 0.2) is 29.2 Å². The molecule has 0 aromatic carbocycles. The van der Waals surface area contributed by atoms with Crippen molar-refractivity contribution < 1.29 is 4.79 Å². The van der Waals surface area contributed by atoms with Gasteiger partial charge in [0.1, 0.15) is 5.82 Å². The molecule has 0 unspecified atom stereocenters. The van der Waals surface area contributed by atoms with Crippen LogP contribution < -0.4 is 5.69 Å². The minimum Gasteiger partial charge on any atom is -0.342 e. The topological polar surface area (TPSA) is 83.9 Å². The van der Waals surface area contributed by atoms with E-state index in [2.05, 4.69) is 15.1 Å². The van der Waals surface area contributed by atoms with Crippen LogP contribution in [0.2, 0.25) is 0 Å². The van der Waals surface area contributed by atoms with Gasteiger partial charge in [-0.2, -0.15) is 4.68 Å². The molecular formula is C18H23N5O2. The van der Waals surface area contributed by atoms with Crippen LogP contribution in [-0.4, -0.2) is 43.6 Å². The maximum Gasteiger partial charge on any atom is 0.349 e. The zero-order valence-electron chi connectivity index (χ0n) is 14.2. The highest BCUT2D eigenvalue weighted by Crippen LogP contribution is 2.30. The molecule has 3 heterocycles. The van der Waals surface area contributed by atoms with Gasteiger partial charge in [-0.25, -0.2) is 9.78 Å². The maximum atomic E-state index is 12.5. The summed E-state index contributed by atoms with van der Waals surface area (Å²) in [5.41, 5.74) is -0.266. The Balaban J connectivity index is 1.43. The van der Waals surface area contributed by atoms with Gasteiger partial charge >= 0.3 is 5.69 Å². The van der Waals surface area contributed by atoms with E-state index in [9.17, 15) is 9.59 Å². The third-order valence-corrected chi connectivity index (χ3v) is 5.40. The van der Waals surface area contributed by atoms with Crippen molar-refractivity contribution in [1.29, 1.82) is 0 Å². The molecule has 1 amide bonds. The highest BCUT2D eigenvalue weighted by atomic mass is 16.2. The molecule has 4 rings (SSSR count). The number of pyridine rings is 1. The molecule has 0 radical (unpaired) electrons. The molecule has 1 aliphatic heterocycles. The number of nitrogens with one attached hydrogen (secondary N) is 1. The van der Waals surface area contributed by atoms with Crippen LogP contribution >= 0.6 is 0 Å². The first-order chi connectivity index (χ1) is 12.2. The number of aromatic amines is 1. The molecule has 25 heavy (non-hydrogen) atoms. The SMILES string of the molecule is O=C(C1CCCC1)N1CCC(c2nn(-c3ccccn3)c(=O)[nH]2)CC1. The minimum absolute atomic E-state index is 0.185. The molecular weight excluding hydrogens is 318 g/mol. The molecule has 2 aromatic heterocycles. The van der Waals surface area contributed by atoms with Gasteiger partial charge in [0.05, 0.1) is 0 Å². The van der Waals surface area contributed by atoms with E-state index in [-0.39, 0.29) is 17.5 Å². The van der Waals surface area contributed by atoms with Crippen LogP contribution in [0.5, 0.6) is 0 Å². The lowest BCUT2D eigenvalue weighted by Crippen LogP contribution is -2.41. The highest BCUT2D eigenvalue weighted by Gasteiger charge is 2.31. The molecule has 132 valence electrons. The van der Waals surface area contributed by atoms with E-state index in [1.807, 2.05) is 11.0 Å². The third kappa shape index (κ3) is 3.23. The van der Waals surface area contributed by atoms with Crippen LogP contribution in [0.4, 0.5) is 0 Å². The fourth-order valence-corrected chi connectivity index (χ4v) is 3.96. The van der Waals surface area contributed by atoms with E-state index in [1.54, 1.807) is 18.3 Å². The van der Waals surface area contributed by atoms with Crippen molar-refractivity contribution in [3.8, 4) is 5.82 Å². The maximum absolute atomic E-state index is 12.5. The summed E-state index contributed by atoms with van der Waals surface area (Å²) in [5, 5.41) is 4.43. The summed E-state index contributed by atoms with van der Waals surface area (Å²) in [6.07, 6.45) is 7.77. The van der Waals surface area contributed by atoms with Gasteiger partial charge in [0.15, 0.2) is 5.82 Å². The molecule has 2 aliphatic rings. The Hall–Kier alpha value is -2.44. The van der Waals surface area contributed by atoms with Gasteiger partial charge in [-0.05, 0) is 37.8 Å². The second-order valence-electron chi connectivity index (χ2n) is 7.00. The number of piperidine rings is 1. The standard InChI is InChI=1S/C18H23N5O2/c24-17(14-5-1-2-6-14)22-11-8-13(9-12-22)16-20-18(25)23(21-16)15-7-3-4-10-19-15/h3-4,7,10,13-14H,1-2,5-6,8-9,11-12H2,(H,20,21,25). The second-order valence-corrected chi connectivity index (χ2v) is 7.00. The number of likely N-dealkylation sites (tertiary alicyclic amines) is 1. The lowest BCUT2D eigenvalue weighted by molar-refractivity contribution is -0.136. The van der Waals surface area contributed by atoms with E-state index in [0.29, 0.717) is 17.5 Å². The van der Waals surface area contributed by atoms with Gasteiger partial charge in [-0.3, -0.25) is 9.78 Å². The monoisotopic (exact) mass is 341 g/mol. The molecule has 2 aromatic rings. The number of aromatic nitrogens is 4. The number of hydrogen-bond donors (Lipinski definition) is 1. The summed E-state index contributed by atoms with van der Waals surface area (Å²) in [6, 6.07) is 5.39. The summed E-state index contributed by atoms with van der Waals surface area (Å²) < 4.78 is 1.31. The Labute approximate surface area is 146 Å². The molecule has 0 atom stereocenters. The Bertz CT molecular complexity index is 783. The van der Waals surface area contributed by atoms with Gasteiger partial charge in [0.2, 0.25) is 5.91 Å². The van der Waals surface area contributed by atoms with E-state index in [4.69, 9.17) is 0 Å². The molecule has 7 heteroatoms. The van der Waals surface area contributed by atoms with Gasteiger partial charge in [0.25, 0.3) is 0 Å². The summed E-state index contributed by atoms with van der Waals surface area (Å²) in [4.78, 5) is 33.7. The predicted molar refractivity (Wildman–Crippen MR) is 92.5 cm³/mol. The zero-order valence-corrected chi connectivity index (χ0v) is 14.2. The summed E-state index contributed by atoms with van der Waals surface area (Å²) in [6.45, 7) is 1.50. The Morgan fingerprint density at radius 2 is 1.88 bits per heavy atom. The number of H-pyrrole nitrogens is 1. The fourth-order valence-electron chi connectivity index (χ4n) is 3.96. The number of carbonyl (C=O) groups excluding carboxylic acids is 1. The van der Waals surface area contributed by atoms with E-state index in [0.717, 1.165) is 38.8 Å². The number of amides is 1. The van der Waals surface area contributed by atoms with E-state index < -0.39 is 0 Å². The van der Waals surface area contributed by atoms with Crippen LogP contribution in [0.3, 0.4) is 0 Å². The van der Waals surface area contributed by atoms with Crippen molar-refractivity contribution in [1.82, 2.24) is 24.6 Å². The van der Waals surface area contributed by atoms with Crippen molar-refractivity contribution in [3.63, 3.8) is 0 Å². The zero-order chi connectivity index (χ0) is 17.2. The summed E-state index contributed by atoms with van der Waals surface area (Å²) in [5.74, 6) is 1.96. The Morgan fingerprint density at radius 1 is 1.12 bits per heavy atom. The predicted octanol–water partition coefficient (Wildman–Crippen LogP) is 1.85. The molecule has 1 saturated heterocycles. The van der Waals surface area contributed by atoms with Gasteiger partial charge < -0.3 is 4.90 Å². The average Bonchev–Trinajstić information content (AvgIpc) is 3.32. The van der Waals surface area contributed by atoms with Crippen LogP contribution in [0, 0.1) is 5.92 Å². The first kappa shape index (κ1) is 16.1. The fraction of sp³-hybridized carbons (Fsp3) is 0.556. The van der Waals surface area contributed by atoms with Gasteiger partial charge in [-0.1, -0.05) is 18.9 Å². The molecule has 7 nitrogen and oxygen atoms in total. The van der Waals surface area contributed by atoms with Crippen LogP contribution in [0.25, 0.3) is 5.82 Å². The normalized spacial score (nSPS) is 19.4. The highest BCUT2D eigenvalue weighted by molar-refractivity contribution is 5.79. The first-order valence-corrected chi connectivity index (χ1v) is 9.12. The summed E-state index contributed by atoms with van der Waals surface area (Å²) >= 11 is 0. The van der Waals surface area contributed by atoms with Crippen molar-refractivity contribution in [3.05, 3.63) is 40.7 Å². The molecule has 1 N–H and O–H groups in total. The van der Waals surface area contributed by atoms with Crippen molar-refractivity contribution >= 4 is 5.91 Å². The Morgan fingerprint density at radius 3 is 2.56 bits per heavy atom. The number of rotatable bonds is 3. The van der Waals surface area contributed by atoms with Crippen molar-refractivity contribution in [2.24, 2.45) is 5.92 Å². The molecule has 0 spiro atoms. The van der Waals surface area contributed by atoms with E-state index in [1.165, 1.54) is 17.5 Å². The van der Waals surface area contributed by atoms with Crippen molar-refractivity contribution in [2.45, 2.75) is 44.4 Å². The Kier molecular flexibility index (Phi) is 4.38. The largest absolute Gasteiger partial charge is 0.349 e.